The molecule has 2 heterocycles. The summed E-state index contributed by atoms with van der Waals surface area (Å²) in [7, 11) is 0. The van der Waals surface area contributed by atoms with Crippen molar-refractivity contribution < 1.29 is 35.1 Å². The Morgan fingerprint density at radius 2 is 1.72 bits per heavy atom. The van der Waals surface area contributed by atoms with Crippen molar-refractivity contribution in [3.05, 3.63) is 165 Å². The van der Waals surface area contributed by atoms with E-state index >= 15 is 0 Å². The summed E-state index contributed by atoms with van der Waals surface area (Å²) in [5, 5.41) is 69.1. The zero-order valence-corrected chi connectivity index (χ0v) is 43.2. The van der Waals surface area contributed by atoms with Crippen molar-refractivity contribution in [2.75, 3.05) is 19.7 Å². The molecule has 0 saturated heterocycles. The number of benzene rings is 3. The number of likely N-dealkylation sites (N-methyl/N-ethyl adjacent to an activating group) is 1. The Bertz CT molecular complexity index is 2490. The van der Waals surface area contributed by atoms with E-state index in [-0.39, 0.29) is 37.3 Å². The first-order valence-electron chi connectivity index (χ1n) is 26.6. The summed E-state index contributed by atoms with van der Waals surface area (Å²) in [6, 6.07) is 23.3. The van der Waals surface area contributed by atoms with Crippen LogP contribution in [0.2, 0.25) is 0 Å². The quantitative estimate of drug-likeness (QED) is 0.0602. The van der Waals surface area contributed by atoms with E-state index in [1.54, 1.807) is 0 Å². The number of rotatable bonds is 13. The fourth-order valence-electron chi connectivity index (χ4n) is 12.6. The van der Waals surface area contributed by atoms with Gasteiger partial charge in [0.1, 0.15) is 12.2 Å². The minimum atomic E-state index is -1.34. The number of aliphatic hydroxyl groups is 5. The third kappa shape index (κ3) is 12.7. The standard InChI is InChI=1S/C61H82N4O7/c1-6-63-53(29-24-39(2)14-10-18-42-16-8-7-9-17-42)40(3)15-11-22-46(38-66)50-31-33-61(57(50)70)52-28-27-47(67)35-44-20-12-19-43(34-44)25-26-48(68)37-64-56-55-45(21-13-23-51(55)58(62)65-59(56)71)36-54(69)41(4)49(52)30-32-60(61,5)72/h7-9,11-13,15-17,19-24,34,47-48,50,52-53,56-58,63-64,66-68,70,72H,3,6,10,14,18,25-33,35-38,62H2,1-2,4-5H3,(H,65,71). The molecule has 388 valence electrons. The molecule has 7 rings (SSSR count). The van der Waals surface area contributed by atoms with Gasteiger partial charge in [0.05, 0.1) is 30.5 Å². The van der Waals surface area contributed by atoms with Crippen LogP contribution in [0.15, 0.2) is 132 Å². The highest BCUT2D eigenvalue weighted by atomic mass is 16.3. The van der Waals surface area contributed by atoms with Gasteiger partial charge in [0.25, 0.3) is 0 Å². The van der Waals surface area contributed by atoms with Gasteiger partial charge in [-0.3, -0.25) is 14.9 Å². The zero-order valence-electron chi connectivity index (χ0n) is 43.2. The van der Waals surface area contributed by atoms with Crippen molar-refractivity contribution in [1.29, 1.82) is 0 Å². The molecular weight excluding hydrogens is 901 g/mol. The lowest BCUT2D eigenvalue weighted by molar-refractivity contribution is -0.168. The highest BCUT2D eigenvalue weighted by Crippen LogP contribution is 2.63. The number of carbonyl (C=O) groups is 2. The number of nitrogens with one attached hydrogen (secondary N) is 3. The number of β-amino-alcohol motifs (C(OH)–C–C–N with tert-alkyl or cyclic N) is 1. The van der Waals surface area contributed by atoms with E-state index in [2.05, 4.69) is 72.8 Å². The fourth-order valence-corrected chi connectivity index (χ4v) is 12.6. The molecule has 1 amide bonds. The van der Waals surface area contributed by atoms with Crippen molar-refractivity contribution in [3.8, 4) is 0 Å². The minimum Gasteiger partial charge on any atom is -0.393 e. The number of nitrogens with two attached hydrogens (primary N) is 1. The Morgan fingerprint density at radius 1 is 0.958 bits per heavy atom. The smallest absolute Gasteiger partial charge is 0.243 e. The van der Waals surface area contributed by atoms with Crippen LogP contribution in [-0.2, 0) is 35.3 Å². The topological polar surface area (TPSA) is 197 Å². The normalized spacial score (nSPS) is 29.4. The molecular formula is C61H82N4O7. The van der Waals surface area contributed by atoms with Crippen molar-refractivity contribution in [2.24, 2.45) is 23.0 Å². The second-order valence-electron chi connectivity index (χ2n) is 21.5. The van der Waals surface area contributed by atoms with Crippen molar-refractivity contribution in [1.82, 2.24) is 16.0 Å². The third-order valence-corrected chi connectivity index (χ3v) is 16.7. The first-order chi connectivity index (χ1) is 34.6. The van der Waals surface area contributed by atoms with Gasteiger partial charge in [-0.15, -0.1) is 0 Å². The Morgan fingerprint density at radius 3 is 2.49 bits per heavy atom. The number of aliphatic hydroxyl groups excluding tert-OH is 4. The number of hydrogen-bond acceptors (Lipinski definition) is 10. The molecule has 1 spiro atoms. The van der Waals surface area contributed by atoms with Crippen LogP contribution in [0.3, 0.4) is 0 Å². The largest absolute Gasteiger partial charge is 0.393 e. The van der Waals surface area contributed by atoms with E-state index in [9.17, 15) is 35.1 Å². The number of aryl methyl sites for hydroxylation is 2. The predicted octanol–water partition coefficient (Wildman–Crippen LogP) is 7.81. The van der Waals surface area contributed by atoms with E-state index in [4.69, 9.17) is 5.73 Å². The van der Waals surface area contributed by atoms with E-state index in [1.165, 1.54) is 11.1 Å². The molecule has 3 aromatic rings. The van der Waals surface area contributed by atoms with E-state index in [1.807, 2.05) is 74.5 Å². The summed E-state index contributed by atoms with van der Waals surface area (Å²) in [6.45, 7) is 13.0. The van der Waals surface area contributed by atoms with Gasteiger partial charge in [-0.05, 0) is 167 Å². The molecule has 0 radical (unpaired) electrons. The molecule has 2 fully saturated rings. The van der Waals surface area contributed by atoms with Gasteiger partial charge in [0.2, 0.25) is 5.91 Å². The molecule has 10 atom stereocenters. The van der Waals surface area contributed by atoms with Gasteiger partial charge >= 0.3 is 0 Å². The molecule has 11 heteroatoms. The SMILES string of the molecule is C=C(C=CC=C(CO)C1CCC2(C3CCC(O)Cc4cccc(c4)CCC(O)CNC4C(=O)NC(N)c5cccc(c54)CC(=O)C(C)=C3CCC2(C)O)C1O)C(CC=C(C)CCCc1ccccc1)NCC. The van der Waals surface area contributed by atoms with E-state index < -0.39 is 53.4 Å². The first kappa shape index (κ1) is 54.9. The molecule has 3 aromatic carbocycles. The van der Waals surface area contributed by atoms with Gasteiger partial charge in [0.15, 0.2) is 5.78 Å². The lowest BCUT2D eigenvalue weighted by Gasteiger charge is -2.56. The number of carbonyl (C=O) groups excluding carboxylic acids is 2. The molecule has 10 unspecified atom stereocenters. The van der Waals surface area contributed by atoms with Gasteiger partial charge < -0.3 is 41.9 Å². The zero-order chi connectivity index (χ0) is 51.6. The predicted molar refractivity (Wildman–Crippen MR) is 287 cm³/mol. The minimum absolute atomic E-state index is 0.00783. The summed E-state index contributed by atoms with van der Waals surface area (Å²) < 4.78 is 0. The van der Waals surface area contributed by atoms with Crippen LogP contribution in [0.4, 0.5) is 0 Å². The highest BCUT2D eigenvalue weighted by Gasteiger charge is 2.64. The molecule has 11 nitrogen and oxygen atoms in total. The third-order valence-electron chi connectivity index (χ3n) is 16.7. The van der Waals surface area contributed by atoms with Crippen molar-refractivity contribution in [3.63, 3.8) is 0 Å². The average Bonchev–Trinajstić information content (AvgIpc) is 3.70. The molecule has 10 N–H and O–H groups in total. The second kappa shape index (κ2) is 24.9. The molecule has 4 aliphatic rings. The van der Waals surface area contributed by atoms with E-state index in [0.29, 0.717) is 85.6 Å². The molecule has 2 aliphatic carbocycles. The highest BCUT2D eigenvalue weighted by molar-refractivity contribution is 5.98. The van der Waals surface area contributed by atoms with Crippen LogP contribution in [0.5, 0.6) is 0 Å². The van der Waals surface area contributed by atoms with Crippen molar-refractivity contribution in [2.45, 2.75) is 160 Å². The van der Waals surface area contributed by atoms with Gasteiger partial charge in [0, 0.05) is 30.3 Å². The number of ketones is 1. The summed E-state index contributed by atoms with van der Waals surface area (Å²) in [6.07, 6.45) is 12.6. The van der Waals surface area contributed by atoms with Crippen LogP contribution in [0.1, 0.15) is 137 Å². The molecule has 2 aliphatic heterocycles. The first-order valence-corrected chi connectivity index (χ1v) is 26.6. The van der Waals surface area contributed by atoms with Crippen molar-refractivity contribution >= 4 is 11.7 Å². The van der Waals surface area contributed by atoms with Crippen LogP contribution in [-0.4, -0.2) is 86.9 Å². The van der Waals surface area contributed by atoms with Crippen LogP contribution >= 0.6 is 0 Å². The maximum Gasteiger partial charge on any atom is 0.243 e. The Labute approximate surface area is 428 Å². The Balaban J connectivity index is 1.17. The number of fused-ring (bicyclic) bond motifs is 4. The average molecular weight is 983 g/mol. The van der Waals surface area contributed by atoms with E-state index in [0.717, 1.165) is 54.5 Å². The number of Topliss-reactive ketones (excluding diaryl/α,β-unsaturated/α-hetero) is 1. The Hall–Kier alpha value is -4.82. The summed E-state index contributed by atoms with van der Waals surface area (Å²) in [5.74, 6) is -1.41. The summed E-state index contributed by atoms with van der Waals surface area (Å²) in [5.41, 5.74) is 13.7. The number of amides is 1. The number of hydrogen-bond donors (Lipinski definition) is 9. The lowest BCUT2D eigenvalue weighted by atomic mass is 9.52. The monoisotopic (exact) mass is 983 g/mol. The van der Waals surface area contributed by atoms with Gasteiger partial charge in [-0.2, -0.15) is 0 Å². The maximum absolute atomic E-state index is 14.8. The summed E-state index contributed by atoms with van der Waals surface area (Å²) in [4.78, 5) is 28.4. The van der Waals surface area contributed by atoms with Crippen LogP contribution < -0.4 is 21.7 Å². The van der Waals surface area contributed by atoms with Crippen LogP contribution in [0, 0.1) is 17.3 Å². The molecule has 2 saturated carbocycles. The second-order valence-corrected chi connectivity index (χ2v) is 21.5. The number of allylic oxidation sites excluding steroid dienone is 5. The molecule has 2 bridgehead atoms. The Kier molecular flexibility index (Phi) is 19.0. The lowest BCUT2D eigenvalue weighted by Crippen LogP contribution is -2.59. The van der Waals surface area contributed by atoms with Gasteiger partial charge in [-0.25, -0.2) is 0 Å². The molecule has 0 aromatic heterocycles. The van der Waals surface area contributed by atoms with Crippen LogP contribution in [0.25, 0.3) is 0 Å². The fraction of sp³-hybridized carbons (Fsp3) is 0.508. The summed E-state index contributed by atoms with van der Waals surface area (Å²) >= 11 is 0. The van der Waals surface area contributed by atoms with Gasteiger partial charge in [-0.1, -0.05) is 122 Å². The molecule has 72 heavy (non-hydrogen) atoms. The maximum atomic E-state index is 14.8.